The van der Waals surface area contributed by atoms with Gasteiger partial charge in [-0.1, -0.05) is 0 Å². The maximum absolute atomic E-state index is 10.2. The van der Waals surface area contributed by atoms with E-state index in [2.05, 4.69) is 9.47 Å². The van der Waals surface area contributed by atoms with E-state index in [4.69, 9.17) is 0 Å². The molecule has 1 saturated heterocycles. The summed E-state index contributed by atoms with van der Waals surface area (Å²) in [7, 11) is 0. The highest BCUT2D eigenvalue weighted by molar-refractivity contribution is 14.1. The Kier molecular flexibility index (Phi) is 1.59. The normalized spacial score (nSPS) is 36.5. The van der Waals surface area contributed by atoms with Gasteiger partial charge in [0, 0.05) is 0 Å². The molecule has 0 aromatic rings. The van der Waals surface area contributed by atoms with Crippen LogP contribution in [-0.4, -0.2) is 16.4 Å². The number of rotatable bonds is 0. The van der Waals surface area contributed by atoms with E-state index < -0.39 is 6.16 Å². The van der Waals surface area contributed by atoms with E-state index in [1.54, 1.807) is 6.92 Å². The van der Waals surface area contributed by atoms with E-state index >= 15 is 0 Å². The third-order valence-electron chi connectivity index (χ3n) is 0.860. The van der Waals surface area contributed by atoms with Crippen molar-refractivity contribution in [1.29, 1.82) is 0 Å². The smallest absolute Gasteiger partial charge is 0.426 e. The van der Waals surface area contributed by atoms with Crippen molar-refractivity contribution in [2.75, 3.05) is 0 Å². The molecule has 0 bridgehead atoms. The molecule has 0 amide bonds. The van der Waals surface area contributed by atoms with Crippen molar-refractivity contribution >= 4 is 28.7 Å². The van der Waals surface area contributed by atoms with E-state index in [-0.39, 0.29) is 10.2 Å². The van der Waals surface area contributed by atoms with Gasteiger partial charge in [0.15, 0.2) is 4.11 Å². The lowest BCUT2D eigenvalue weighted by Gasteiger charge is -1.98. The molecule has 46 valence electrons. The number of halogens is 1. The van der Waals surface area contributed by atoms with Crippen molar-refractivity contribution in [2.45, 2.75) is 17.1 Å². The van der Waals surface area contributed by atoms with Crippen LogP contribution < -0.4 is 0 Å². The topological polar surface area (TPSA) is 35.5 Å². The van der Waals surface area contributed by atoms with Gasteiger partial charge in [-0.15, -0.1) is 0 Å². The Labute approximate surface area is 60.5 Å². The first-order valence-electron chi connectivity index (χ1n) is 2.21. The van der Waals surface area contributed by atoms with Crippen molar-refractivity contribution in [2.24, 2.45) is 0 Å². The van der Waals surface area contributed by atoms with E-state index in [1.807, 2.05) is 22.6 Å². The Morgan fingerprint density at radius 3 is 2.38 bits per heavy atom. The van der Waals surface area contributed by atoms with Gasteiger partial charge >= 0.3 is 6.16 Å². The predicted octanol–water partition coefficient (Wildman–Crippen LogP) is 1.30. The van der Waals surface area contributed by atoms with Gasteiger partial charge in [0.25, 0.3) is 0 Å². The predicted molar refractivity (Wildman–Crippen MR) is 34.8 cm³/mol. The quantitative estimate of drug-likeness (QED) is 0.356. The van der Waals surface area contributed by atoms with Crippen molar-refractivity contribution in [3.63, 3.8) is 0 Å². The second kappa shape index (κ2) is 2.08. The maximum Gasteiger partial charge on any atom is 0.509 e. The van der Waals surface area contributed by atoms with Crippen molar-refractivity contribution in [1.82, 2.24) is 0 Å². The number of cyclic esters (lactones) is 2. The Morgan fingerprint density at radius 1 is 1.62 bits per heavy atom. The van der Waals surface area contributed by atoms with Crippen molar-refractivity contribution < 1.29 is 14.3 Å². The van der Waals surface area contributed by atoms with E-state index in [9.17, 15) is 4.79 Å². The maximum atomic E-state index is 10.2. The SMILES string of the molecule is CC1OC(=O)OC1I. The number of ether oxygens (including phenoxy) is 2. The van der Waals surface area contributed by atoms with Crippen LogP contribution in [0, 0.1) is 0 Å². The second-order valence-corrected chi connectivity index (χ2v) is 2.77. The summed E-state index contributed by atoms with van der Waals surface area (Å²) in [5.74, 6) is 0. The zero-order chi connectivity index (χ0) is 6.15. The lowest BCUT2D eigenvalue weighted by atomic mass is 10.5. The molecule has 2 atom stereocenters. The fourth-order valence-corrected chi connectivity index (χ4v) is 0.775. The van der Waals surface area contributed by atoms with Crippen molar-refractivity contribution in [3.8, 4) is 0 Å². The average Bonchev–Trinajstić information content (AvgIpc) is 1.85. The number of carbonyl (C=O) groups is 1. The van der Waals surface area contributed by atoms with Crippen LogP contribution >= 0.6 is 22.6 Å². The third kappa shape index (κ3) is 1.04. The number of hydrogen-bond donors (Lipinski definition) is 0. The minimum Gasteiger partial charge on any atom is -0.426 e. The van der Waals surface area contributed by atoms with E-state index in [0.717, 1.165) is 0 Å². The molecule has 0 aliphatic carbocycles. The third-order valence-corrected chi connectivity index (χ3v) is 2.13. The van der Waals surface area contributed by atoms with Gasteiger partial charge in [0.05, 0.1) is 0 Å². The lowest BCUT2D eigenvalue weighted by molar-refractivity contribution is 0.121. The van der Waals surface area contributed by atoms with Crippen molar-refractivity contribution in [3.05, 3.63) is 0 Å². The Bertz CT molecular complexity index is 102. The number of hydrogen-bond acceptors (Lipinski definition) is 3. The molecule has 0 aromatic carbocycles. The highest BCUT2D eigenvalue weighted by Crippen LogP contribution is 2.19. The van der Waals surface area contributed by atoms with Gasteiger partial charge in [-0.2, -0.15) is 0 Å². The lowest BCUT2D eigenvalue weighted by Crippen LogP contribution is -2.09. The highest BCUT2D eigenvalue weighted by Gasteiger charge is 2.30. The fourth-order valence-electron chi connectivity index (χ4n) is 0.421. The molecule has 0 N–H and O–H groups in total. The van der Waals surface area contributed by atoms with E-state index in [0.29, 0.717) is 0 Å². The first-order valence-corrected chi connectivity index (χ1v) is 3.46. The van der Waals surface area contributed by atoms with E-state index in [1.165, 1.54) is 0 Å². The fraction of sp³-hybridized carbons (Fsp3) is 0.750. The Hall–Kier alpha value is 0. The average molecular weight is 228 g/mol. The summed E-state index contributed by atoms with van der Waals surface area (Å²) in [6.45, 7) is 1.79. The molecule has 4 heteroatoms. The Morgan fingerprint density at radius 2 is 2.25 bits per heavy atom. The molecule has 1 rings (SSSR count). The van der Waals surface area contributed by atoms with Gasteiger partial charge in [0.1, 0.15) is 6.10 Å². The molecular formula is C4H5IO3. The van der Waals surface area contributed by atoms with Crippen LogP contribution in [0.3, 0.4) is 0 Å². The summed E-state index contributed by atoms with van der Waals surface area (Å²) < 4.78 is 9.09. The molecule has 0 spiro atoms. The molecule has 3 nitrogen and oxygen atoms in total. The first kappa shape index (κ1) is 6.12. The zero-order valence-corrected chi connectivity index (χ0v) is 6.41. The molecule has 1 fully saturated rings. The van der Waals surface area contributed by atoms with Crippen LogP contribution in [0.5, 0.6) is 0 Å². The van der Waals surface area contributed by atoms with Gasteiger partial charge in [-0.25, -0.2) is 4.79 Å². The molecule has 2 unspecified atom stereocenters. The van der Waals surface area contributed by atoms with Crippen LogP contribution in [-0.2, 0) is 9.47 Å². The molecule has 1 heterocycles. The number of carbonyl (C=O) groups excluding carboxylic acids is 1. The van der Waals surface area contributed by atoms with Gasteiger partial charge in [0.2, 0.25) is 0 Å². The van der Waals surface area contributed by atoms with Gasteiger partial charge in [-0.3, -0.25) is 0 Å². The molecule has 8 heavy (non-hydrogen) atoms. The summed E-state index contributed by atoms with van der Waals surface area (Å²) in [5.41, 5.74) is 0. The minimum atomic E-state index is -0.558. The Balaban J connectivity index is 2.51. The molecular weight excluding hydrogens is 223 g/mol. The van der Waals surface area contributed by atoms with Crippen LogP contribution in [0.15, 0.2) is 0 Å². The van der Waals surface area contributed by atoms with Crippen LogP contribution in [0.1, 0.15) is 6.92 Å². The van der Waals surface area contributed by atoms with Gasteiger partial charge < -0.3 is 9.47 Å². The summed E-state index contributed by atoms with van der Waals surface area (Å²) in [5, 5.41) is 0. The van der Waals surface area contributed by atoms with Gasteiger partial charge in [-0.05, 0) is 29.5 Å². The summed E-state index contributed by atoms with van der Waals surface area (Å²) in [6, 6.07) is 0. The van der Waals surface area contributed by atoms with Crippen LogP contribution in [0.2, 0.25) is 0 Å². The number of alkyl halides is 1. The summed E-state index contributed by atoms with van der Waals surface area (Å²) in [6.07, 6.45) is -0.653. The summed E-state index contributed by atoms with van der Waals surface area (Å²) in [4.78, 5) is 10.2. The molecule has 0 saturated carbocycles. The molecule has 0 radical (unpaired) electrons. The molecule has 1 aliphatic rings. The first-order chi connectivity index (χ1) is 3.70. The van der Waals surface area contributed by atoms with Crippen LogP contribution in [0.25, 0.3) is 0 Å². The van der Waals surface area contributed by atoms with Crippen LogP contribution in [0.4, 0.5) is 4.79 Å². The monoisotopic (exact) mass is 228 g/mol. The molecule has 1 aliphatic heterocycles. The zero-order valence-electron chi connectivity index (χ0n) is 4.26. The second-order valence-electron chi connectivity index (χ2n) is 1.54. The minimum absolute atomic E-state index is 0.0944. The standard InChI is InChI=1S/C4H5IO3/c1-2-3(5)8-4(6)7-2/h2-3H,1H3. The molecule has 0 aromatic heterocycles. The summed E-state index contributed by atoms with van der Waals surface area (Å²) >= 11 is 2.01. The highest BCUT2D eigenvalue weighted by atomic mass is 127. The largest absolute Gasteiger partial charge is 0.509 e.